The Morgan fingerprint density at radius 1 is 1.48 bits per heavy atom. The van der Waals surface area contributed by atoms with Gasteiger partial charge in [0.25, 0.3) is 0 Å². The molecule has 1 saturated heterocycles. The average molecular weight is 312 g/mol. The predicted molar refractivity (Wildman–Crippen MR) is 83.5 cm³/mol. The van der Waals surface area contributed by atoms with Crippen molar-refractivity contribution in [3.05, 3.63) is 41.0 Å². The molecule has 0 radical (unpaired) electrons. The molecule has 0 amide bonds. The first-order valence-electron chi connectivity index (χ1n) is 7.99. The van der Waals surface area contributed by atoms with E-state index in [-0.39, 0.29) is 11.8 Å². The smallest absolute Gasteiger partial charge is 0.316 e. The SMILES string of the molecule is CN1CC[C@]23c4c5ccc(C=[OH+])c4O[C@H]2C(=O)C=C[C@@]3(O)[C@H]1C5. The Morgan fingerprint density at radius 3 is 3.09 bits per heavy atom. The molecule has 1 aromatic carbocycles. The number of likely N-dealkylation sites (N-methyl/N-ethyl adjacent to an activating group) is 1. The number of aliphatic hydroxyl groups is 1. The molecule has 1 spiro atoms. The Labute approximate surface area is 133 Å². The fourth-order valence-electron chi connectivity index (χ4n) is 5.26. The van der Waals surface area contributed by atoms with Gasteiger partial charge in [0, 0.05) is 11.6 Å². The minimum absolute atomic E-state index is 0.0749. The summed E-state index contributed by atoms with van der Waals surface area (Å²) in [4.78, 5) is 24.2. The Hall–Kier alpha value is -1.98. The molecule has 0 saturated carbocycles. The lowest BCUT2D eigenvalue weighted by molar-refractivity contribution is -0.151. The molecule has 2 N–H and O–H groups in total. The largest absolute Gasteiger partial charge is 0.480 e. The first-order valence-corrected chi connectivity index (χ1v) is 7.99. The number of benzene rings is 1. The molecule has 118 valence electrons. The molecule has 2 bridgehead atoms. The predicted octanol–water partition coefficient (Wildman–Crippen LogP) is 0.338. The van der Waals surface area contributed by atoms with E-state index in [1.54, 1.807) is 6.08 Å². The van der Waals surface area contributed by atoms with Gasteiger partial charge in [0.2, 0.25) is 0 Å². The second-order valence-electron chi connectivity index (χ2n) is 7.13. The summed E-state index contributed by atoms with van der Waals surface area (Å²) in [6.07, 6.45) is 4.83. The highest BCUT2D eigenvalue weighted by Gasteiger charge is 2.71. The van der Waals surface area contributed by atoms with Gasteiger partial charge >= 0.3 is 6.29 Å². The second-order valence-corrected chi connectivity index (χ2v) is 7.13. The van der Waals surface area contributed by atoms with Crippen molar-refractivity contribution in [1.82, 2.24) is 4.90 Å². The number of hydrogen-bond acceptors (Lipinski definition) is 4. The molecule has 23 heavy (non-hydrogen) atoms. The van der Waals surface area contributed by atoms with Crippen molar-refractivity contribution < 1.29 is 19.4 Å². The molecule has 2 heterocycles. The van der Waals surface area contributed by atoms with Gasteiger partial charge in [-0.2, -0.15) is 0 Å². The van der Waals surface area contributed by atoms with Gasteiger partial charge in [0.15, 0.2) is 11.9 Å². The zero-order valence-electron chi connectivity index (χ0n) is 12.8. The lowest BCUT2D eigenvalue weighted by atomic mass is 9.51. The average Bonchev–Trinajstić information content (AvgIpc) is 2.90. The highest BCUT2D eigenvalue weighted by atomic mass is 16.5. The molecule has 1 aromatic rings. The Bertz CT molecular complexity index is 800. The van der Waals surface area contributed by atoms with Crippen LogP contribution >= 0.6 is 0 Å². The summed E-state index contributed by atoms with van der Waals surface area (Å²) in [6.45, 7) is 0.805. The van der Waals surface area contributed by atoms with Gasteiger partial charge in [-0.3, -0.25) is 14.5 Å². The van der Waals surface area contributed by atoms with Gasteiger partial charge in [0.05, 0.1) is 5.41 Å². The van der Waals surface area contributed by atoms with Crippen LogP contribution in [0.3, 0.4) is 0 Å². The molecule has 1 fully saturated rings. The van der Waals surface area contributed by atoms with Gasteiger partial charge < -0.3 is 9.84 Å². The number of carbonyl (C=O) groups excluding carboxylic acids is 2. The van der Waals surface area contributed by atoms with Gasteiger partial charge in [-0.05, 0) is 50.2 Å². The highest BCUT2D eigenvalue weighted by molar-refractivity contribution is 5.99. The van der Waals surface area contributed by atoms with Crippen molar-refractivity contribution in [2.24, 2.45) is 0 Å². The molecule has 0 unspecified atom stereocenters. The number of ether oxygens (including phenoxy) is 1. The summed E-state index contributed by atoms with van der Waals surface area (Å²) < 4.78 is 6.04. The third-order valence-corrected chi connectivity index (χ3v) is 6.33. The zero-order valence-corrected chi connectivity index (χ0v) is 12.8. The first-order chi connectivity index (χ1) is 11.0. The zero-order chi connectivity index (χ0) is 16.0. The number of aldehydes is 1. The Morgan fingerprint density at radius 2 is 2.30 bits per heavy atom. The molecule has 0 aromatic heterocycles. The number of piperidine rings is 1. The molecule has 4 aliphatic rings. The van der Waals surface area contributed by atoms with Crippen LogP contribution < -0.4 is 4.74 Å². The summed E-state index contributed by atoms with van der Waals surface area (Å²) in [5.41, 5.74) is 0.746. The summed E-state index contributed by atoms with van der Waals surface area (Å²) >= 11 is 0. The van der Waals surface area contributed by atoms with Crippen LogP contribution in [0.4, 0.5) is 0 Å². The standard InChI is InChI=1S/C18H17NO4/c1-19-7-6-17-14-10-2-3-11(9-20)15(14)23-16(17)12(21)4-5-18(17,22)13(19)8-10/h2-5,9,13,16,22H,6-8H2,1H3/p+1/t13-,16+,17+,18-/m1/s1. The Balaban J connectivity index is 1.90. The normalized spacial score (nSPS) is 39.8. The second kappa shape index (κ2) is 3.91. The van der Waals surface area contributed by atoms with Crippen LogP contribution in [0.25, 0.3) is 0 Å². The fraction of sp³-hybridized carbons (Fsp3) is 0.444. The molecule has 5 nitrogen and oxygen atoms in total. The van der Waals surface area contributed by atoms with E-state index in [1.165, 1.54) is 6.08 Å². The van der Waals surface area contributed by atoms with E-state index in [2.05, 4.69) is 4.90 Å². The third kappa shape index (κ3) is 1.25. The topological polar surface area (TPSA) is 71.2 Å². The van der Waals surface area contributed by atoms with Crippen molar-refractivity contribution in [1.29, 1.82) is 0 Å². The highest BCUT2D eigenvalue weighted by Crippen LogP contribution is 2.62. The number of ketones is 1. The molecule has 4 atom stereocenters. The van der Waals surface area contributed by atoms with Crippen LogP contribution in [0, 0.1) is 0 Å². The van der Waals surface area contributed by atoms with Crippen LogP contribution in [-0.4, -0.2) is 58.2 Å². The van der Waals surface area contributed by atoms with E-state index >= 15 is 0 Å². The van der Waals surface area contributed by atoms with Crippen molar-refractivity contribution >= 4 is 12.1 Å². The van der Waals surface area contributed by atoms with Crippen LogP contribution in [0.1, 0.15) is 23.1 Å². The first kappa shape index (κ1) is 13.5. The quantitative estimate of drug-likeness (QED) is 0.599. The molecular formula is C18H18NO4+. The molecule has 2 aliphatic heterocycles. The molecular weight excluding hydrogens is 294 g/mol. The molecule has 2 aliphatic carbocycles. The van der Waals surface area contributed by atoms with Crippen molar-refractivity contribution in [3.63, 3.8) is 0 Å². The molecule has 5 heteroatoms. The Kier molecular flexibility index (Phi) is 2.29. The summed E-state index contributed by atoms with van der Waals surface area (Å²) in [7, 11) is 2.02. The third-order valence-electron chi connectivity index (χ3n) is 6.33. The van der Waals surface area contributed by atoms with Gasteiger partial charge in [-0.25, -0.2) is 0 Å². The number of hydrogen-bond donors (Lipinski definition) is 1. The van der Waals surface area contributed by atoms with E-state index < -0.39 is 17.1 Å². The van der Waals surface area contributed by atoms with Gasteiger partial charge in [0.1, 0.15) is 16.9 Å². The maximum Gasteiger partial charge on any atom is 0.316 e. The minimum Gasteiger partial charge on any atom is -0.480 e. The van der Waals surface area contributed by atoms with Crippen LogP contribution in [-0.2, 0) is 16.6 Å². The minimum atomic E-state index is -1.12. The van der Waals surface area contributed by atoms with Crippen LogP contribution in [0.5, 0.6) is 5.75 Å². The van der Waals surface area contributed by atoms with Crippen molar-refractivity contribution in [2.45, 2.75) is 36.0 Å². The fourth-order valence-corrected chi connectivity index (χ4v) is 5.26. The van der Waals surface area contributed by atoms with Gasteiger partial charge in [-0.1, -0.05) is 6.07 Å². The van der Waals surface area contributed by atoms with Crippen molar-refractivity contribution in [3.8, 4) is 5.75 Å². The van der Waals surface area contributed by atoms with E-state index in [9.17, 15) is 14.7 Å². The summed E-state index contributed by atoms with van der Waals surface area (Å²) in [5.74, 6) is 0.458. The number of rotatable bonds is 1. The summed E-state index contributed by atoms with van der Waals surface area (Å²) in [5, 5.41) is 11.6. The van der Waals surface area contributed by atoms with E-state index in [0.717, 1.165) is 24.0 Å². The monoisotopic (exact) mass is 312 g/mol. The maximum absolute atomic E-state index is 12.5. The molecule has 5 rings (SSSR count). The number of nitrogens with zero attached hydrogens (tertiary/aromatic N) is 1. The van der Waals surface area contributed by atoms with Crippen LogP contribution in [0.15, 0.2) is 24.3 Å². The van der Waals surface area contributed by atoms with E-state index in [4.69, 9.17) is 4.74 Å². The van der Waals surface area contributed by atoms with Gasteiger partial charge in [-0.15, -0.1) is 0 Å². The maximum atomic E-state index is 12.5. The number of likely N-dealkylation sites (tertiary alicyclic amines) is 1. The van der Waals surface area contributed by atoms with E-state index in [1.807, 2.05) is 19.2 Å². The van der Waals surface area contributed by atoms with Crippen LogP contribution in [0.2, 0.25) is 0 Å². The van der Waals surface area contributed by atoms with E-state index in [0.29, 0.717) is 24.2 Å². The lowest BCUT2D eigenvalue weighted by Crippen LogP contribution is -2.74. The summed E-state index contributed by atoms with van der Waals surface area (Å²) in [6, 6.07) is 3.73. The number of carbonyl (C=O) groups is 1. The lowest BCUT2D eigenvalue weighted by Gasteiger charge is -2.60. The van der Waals surface area contributed by atoms with Crippen molar-refractivity contribution in [2.75, 3.05) is 13.6 Å².